The van der Waals surface area contributed by atoms with E-state index in [1.165, 1.54) is 0 Å². The minimum atomic E-state index is -0.525. The lowest BCUT2D eigenvalue weighted by Crippen LogP contribution is -2.44. The summed E-state index contributed by atoms with van der Waals surface area (Å²) in [7, 11) is 0. The van der Waals surface area contributed by atoms with Crippen molar-refractivity contribution in [3.63, 3.8) is 0 Å². The number of hydrogen-bond acceptors (Lipinski definition) is 3. The molecule has 0 spiro atoms. The highest BCUT2D eigenvalue weighted by molar-refractivity contribution is 6.35. The standard InChI is InChI=1S/C24H25Cl3N4O2/c1-4-5-6-14(2)23(32)28-29-24(33)21-15(3)22(16-7-9-17(25)10-8-16)31(30-21)20-12-11-18(26)13-19(20)27/h7-14H,4-6H2,1-3H3,(H,28,32)(H,29,33). The number of benzene rings is 2. The monoisotopic (exact) mass is 506 g/mol. The molecule has 0 aliphatic heterocycles. The Morgan fingerprint density at radius 3 is 2.33 bits per heavy atom. The molecule has 3 aromatic rings. The first kappa shape index (κ1) is 25.1. The third-order valence-electron chi connectivity index (χ3n) is 5.33. The highest BCUT2D eigenvalue weighted by Crippen LogP contribution is 2.33. The second-order valence-corrected chi connectivity index (χ2v) is 9.10. The maximum Gasteiger partial charge on any atom is 0.290 e. The topological polar surface area (TPSA) is 76.0 Å². The zero-order valence-corrected chi connectivity index (χ0v) is 20.9. The van der Waals surface area contributed by atoms with Crippen molar-refractivity contribution >= 4 is 46.6 Å². The third kappa shape index (κ3) is 5.88. The number of carbonyl (C=O) groups is 2. The van der Waals surface area contributed by atoms with Crippen molar-refractivity contribution in [1.29, 1.82) is 0 Å². The van der Waals surface area contributed by atoms with E-state index in [0.717, 1.165) is 24.8 Å². The van der Waals surface area contributed by atoms with E-state index in [9.17, 15) is 9.59 Å². The molecule has 33 heavy (non-hydrogen) atoms. The van der Waals surface area contributed by atoms with E-state index in [2.05, 4.69) is 22.9 Å². The van der Waals surface area contributed by atoms with Crippen molar-refractivity contribution in [2.75, 3.05) is 0 Å². The van der Waals surface area contributed by atoms with Gasteiger partial charge in [0.25, 0.3) is 5.91 Å². The number of nitrogens with zero attached hydrogens (tertiary/aromatic N) is 2. The fourth-order valence-corrected chi connectivity index (χ4v) is 4.04. The van der Waals surface area contributed by atoms with Gasteiger partial charge in [-0.2, -0.15) is 5.10 Å². The predicted molar refractivity (Wildman–Crippen MR) is 133 cm³/mol. The summed E-state index contributed by atoms with van der Waals surface area (Å²) in [6, 6.07) is 12.2. The summed E-state index contributed by atoms with van der Waals surface area (Å²) < 4.78 is 1.60. The molecule has 1 atom stereocenters. The van der Waals surface area contributed by atoms with Crippen LogP contribution in [-0.2, 0) is 4.79 Å². The zero-order chi connectivity index (χ0) is 24.1. The summed E-state index contributed by atoms with van der Waals surface area (Å²) in [4.78, 5) is 25.3. The van der Waals surface area contributed by atoms with Gasteiger partial charge in [-0.3, -0.25) is 20.4 Å². The second kappa shape index (κ2) is 11.1. The van der Waals surface area contributed by atoms with E-state index in [1.807, 2.05) is 19.1 Å². The van der Waals surface area contributed by atoms with Crippen LogP contribution in [0, 0.1) is 12.8 Å². The van der Waals surface area contributed by atoms with Crippen LogP contribution in [0.4, 0.5) is 0 Å². The number of halogens is 3. The molecule has 174 valence electrons. The molecule has 2 N–H and O–H groups in total. The van der Waals surface area contributed by atoms with Crippen molar-refractivity contribution in [3.8, 4) is 16.9 Å². The van der Waals surface area contributed by atoms with Gasteiger partial charge in [0.2, 0.25) is 5.91 Å². The van der Waals surface area contributed by atoms with Gasteiger partial charge in [0.05, 0.1) is 16.4 Å². The van der Waals surface area contributed by atoms with Gasteiger partial charge >= 0.3 is 0 Å². The lowest BCUT2D eigenvalue weighted by molar-refractivity contribution is -0.125. The van der Waals surface area contributed by atoms with Crippen LogP contribution in [0.5, 0.6) is 0 Å². The molecule has 0 bridgehead atoms. The Hall–Kier alpha value is -2.54. The first-order valence-electron chi connectivity index (χ1n) is 10.6. The van der Waals surface area contributed by atoms with Gasteiger partial charge in [0, 0.05) is 27.1 Å². The van der Waals surface area contributed by atoms with Crippen molar-refractivity contribution in [2.45, 2.75) is 40.0 Å². The second-order valence-electron chi connectivity index (χ2n) is 7.82. The van der Waals surface area contributed by atoms with E-state index >= 15 is 0 Å². The highest BCUT2D eigenvalue weighted by atomic mass is 35.5. The first-order valence-corrected chi connectivity index (χ1v) is 11.8. The number of unbranched alkanes of at least 4 members (excludes halogenated alkanes) is 1. The molecule has 1 heterocycles. The Kier molecular flexibility index (Phi) is 8.40. The minimum absolute atomic E-state index is 0.160. The number of aromatic nitrogens is 2. The van der Waals surface area contributed by atoms with Gasteiger partial charge in [-0.15, -0.1) is 0 Å². The number of hydrazine groups is 1. The summed E-state index contributed by atoms with van der Waals surface area (Å²) in [5.41, 5.74) is 7.79. The molecule has 2 amide bonds. The van der Waals surface area contributed by atoms with Crippen molar-refractivity contribution in [2.24, 2.45) is 5.92 Å². The lowest BCUT2D eigenvalue weighted by Gasteiger charge is -2.12. The number of rotatable bonds is 7. The number of carbonyl (C=O) groups excluding carboxylic acids is 2. The average molecular weight is 508 g/mol. The Bertz CT molecular complexity index is 1160. The summed E-state index contributed by atoms with van der Waals surface area (Å²) in [6.45, 7) is 5.69. The SMILES string of the molecule is CCCCC(C)C(=O)NNC(=O)c1nn(-c2ccc(Cl)cc2Cl)c(-c2ccc(Cl)cc2)c1C. The third-order valence-corrected chi connectivity index (χ3v) is 6.12. The summed E-state index contributed by atoms with van der Waals surface area (Å²) in [5, 5.41) is 5.99. The molecular weight excluding hydrogens is 483 g/mol. The Morgan fingerprint density at radius 2 is 1.70 bits per heavy atom. The predicted octanol–water partition coefficient (Wildman–Crippen LogP) is 6.40. The molecule has 1 unspecified atom stereocenters. The lowest BCUT2D eigenvalue weighted by atomic mass is 10.0. The maximum atomic E-state index is 13.0. The molecule has 0 radical (unpaired) electrons. The quantitative estimate of drug-likeness (QED) is 0.364. The van der Waals surface area contributed by atoms with Crippen LogP contribution in [0.25, 0.3) is 16.9 Å². The summed E-state index contributed by atoms with van der Waals surface area (Å²) in [6.07, 6.45) is 2.70. The number of amides is 2. The van der Waals surface area contributed by atoms with Crippen molar-refractivity contribution in [3.05, 3.63) is 68.8 Å². The first-order chi connectivity index (χ1) is 15.7. The highest BCUT2D eigenvalue weighted by Gasteiger charge is 2.24. The molecule has 0 aliphatic carbocycles. The van der Waals surface area contributed by atoms with Crippen LogP contribution in [0.15, 0.2) is 42.5 Å². The largest absolute Gasteiger partial charge is 0.290 e. The molecule has 0 aliphatic rings. The smallest absolute Gasteiger partial charge is 0.273 e. The van der Waals surface area contributed by atoms with Crippen LogP contribution >= 0.6 is 34.8 Å². The Morgan fingerprint density at radius 1 is 1.03 bits per heavy atom. The fourth-order valence-electron chi connectivity index (χ4n) is 3.43. The molecule has 1 aromatic heterocycles. The van der Waals surface area contributed by atoms with Crippen LogP contribution in [0.1, 0.15) is 49.2 Å². The van der Waals surface area contributed by atoms with E-state index in [1.54, 1.807) is 41.9 Å². The number of hydrogen-bond donors (Lipinski definition) is 2. The van der Waals surface area contributed by atoms with Crippen molar-refractivity contribution in [1.82, 2.24) is 20.6 Å². The Balaban J connectivity index is 1.97. The molecule has 3 rings (SSSR count). The normalized spacial score (nSPS) is 11.8. The molecule has 6 nitrogen and oxygen atoms in total. The fraction of sp³-hybridized carbons (Fsp3) is 0.292. The molecule has 2 aromatic carbocycles. The summed E-state index contributed by atoms with van der Waals surface area (Å²) >= 11 is 18.6. The van der Waals surface area contributed by atoms with Crippen LogP contribution in [-0.4, -0.2) is 21.6 Å². The van der Waals surface area contributed by atoms with E-state index in [-0.39, 0.29) is 17.5 Å². The number of nitrogens with one attached hydrogen (secondary N) is 2. The molecule has 9 heteroatoms. The van der Waals surface area contributed by atoms with Gasteiger partial charge in [-0.05, 0) is 43.7 Å². The van der Waals surface area contributed by atoms with E-state index in [4.69, 9.17) is 34.8 Å². The van der Waals surface area contributed by atoms with Crippen molar-refractivity contribution < 1.29 is 9.59 Å². The molecular formula is C24H25Cl3N4O2. The van der Waals surface area contributed by atoms with Gasteiger partial charge in [0.1, 0.15) is 0 Å². The summed E-state index contributed by atoms with van der Waals surface area (Å²) in [5.74, 6) is -0.975. The van der Waals surface area contributed by atoms with E-state index in [0.29, 0.717) is 32.0 Å². The van der Waals surface area contributed by atoms with Crippen LogP contribution in [0.3, 0.4) is 0 Å². The van der Waals surface area contributed by atoms with Crippen LogP contribution in [0.2, 0.25) is 15.1 Å². The molecule has 0 saturated carbocycles. The molecule has 0 saturated heterocycles. The average Bonchev–Trinajstić information content (AvgIpc) is 3.12. The van der Waals surface area contributed by atoms with Crippen LogP contribution < -0.4 is 10.9 Å². The zero-order valence-electron chi connectivity index (χ0n) is 18.6. The Labute approximate surface area is 208 Å². The minimum Gasteiger partial charge on any atom is -0.273 e. The van der Waals surface area contributed by atoms with E-state index < -0.39 is 5.91 Å². The maximum absolute atomic E-state index is 13.0. The van der Waals surface area contributed by atoms with Gasteiger partial charge in [-0.1, -0.05) is 73.6 Å². The molecule has 0 fully saturated rings. The van der Waals surface area contributed by atoms with Gasteiger partial charge in [0.15, 0.2) is 5.69 Å². The van der Waals surface area contributed by atoms with Gasteiger partial charge in [-0.25, -0.2) is 4.68 Å². The van der Waals surface area contributed by atoms with Gasteiger partial charge < -0.3 is 0 Å².